The fraction of sp³-hybridized carbons (Fsp3) is 0.278. The zero-order valence-corrected chi connectivity index (χ0v) is 12.9. The second-order valence-electron chi connectivity index (χ2n) is 5.66. The first-order valence-electron chi connectivity index (χ1n) is 7.41. The van der Waals surface area contributed by atoms with E-state index in [1.807, 2.05) is 12.1 Å². The monoisotopic (exact) mass is 317 g/mol. The quantitative estimate of drug-likeness (QED) is 0.864. The van der Waals surface area contributed by atoms with Crippen molar-refractivity contribution in [3.05, 3.63) is 70.0 Å². The van der Waals surface area contributed by atoms with Crippen molar-refractivity contribution in [3.8, 4) is 0 Å². The number of rotatable bonds is 4. The number of nitrogens with one attached hydrogen (secondary N) is 1. The average Bonchev–Trinajstić information content (AvgIpc) is 3.02. The molecule has 3 rings (SSSR count). The number of benzene rings is 2. The van der Waals surface area contributed by atoms with Gasteiger partial charge in [-0.05, 0) is 48.2 Å². The molecule has 4 heteroatoms. The van der Waals surface area contributed by atoms with Crippen LogP contribution in [0.15, 0.2) is 42.5 Å². The molecule has 2 nitrogen and oxygen atoms in total. The maximum absolute atomic E-state index is 13.8. The third-order valence-electron chi connectivity index (χ3n) is 4.11. The van der Waals surface area contributed by atoms with Crippen LogP contribution in [0.1, 0.15) is 33.8 Å². The van der Waals surface area contributed by atoms with Gasteiger partial charge in [0.25, 0.3) is 0 Å². The first kappa shape index (κ1) is 15.2. The molecule has 0 radical (unpaired) electrons. The van der Waals surface area contributed by atoms with Gasteiger partial charge in [-0.15, -0.1) is 0 Å². The molecular weight excluding hydrogens is 301 g/mol. The summed E-state index contributed by atoms with van der Waals surface area (Å²) in [5.74, 6) is -0.242. The van der Waals surface area contributed by atoms with Crippen molar-refractivity contribution in [3.63, 3.8) is 0 Å². The van der Waals surface area contributed by atoms with Gasteiger partial charge >= 0.3 is 0 Å². The highest BCUT2D eigenvalue weighted by Gasteiger charge is 2.17. The van der Waals surface area contributed by atoms with Crippen molar-refractivity contribution in [2.45, 2.75) is 18.8 Å². The minimum atomic E-state index is -0.564. The van der Waals surface area contributed by atoms with E-state index in [1.54, 1.807) is 0 Å². The number of carbonyl (C=O) groups is 1. The van der Waals surface area contributed by atoms with Crippen molar-refractivity contribution in [1.82, 2.24) is 5.32 Å². The van der Waals surface area contributed by atoms with Crippen LogP contribution in [0.3, 0.4) is 0 Å². The topological polar surface area (TPSA) is 29.1 Å². The van der Waals surface area contributed by atoms with Crippen molar-refractivity contribution >= 4 is 17.4 Å². The van der Waals surface area contributed by atoms with Crippen LogP contribution in [0.5, 0.6) is 0 Å². The van der Waals surface area contributed by atoms with Gasteiger partial charge in [-0.1, -0.05) is 35.9 Å². The van der Waals surface area contributed by atoms with Crippen molar-refractivity contribution < 1.29 is 9.18 Å². The lowest BCUT2D eigenvalue weighted by atomic mass is 9.95. The summed E-state index contributed by atoms with van der Waals surface area (Å²) in [7, 11) is 0. The second kappa shape index (κ2) is 6.59. The lowest BCUT2D eigenvalue weighted by Crippen LogP contribution is -2.08. The standard InChI is InChI=1S/C18H17ClFNO/c19-15-5-6-16(17(20)10-15)18(22)9-12-1-3-13(4-2-12)14-7-8-21-11-14/h1-6,10,14,21H,7-9,11H2. The number of Topliss-reactive ketones (excluding diaryl/α,β-unsaturated/α-hetero) is 1. The van der Waals surface area contributed by atoms with Gasteiger partial charge in [0.1, 0.15) is 5.82 Å². The summed E-state index contributed by atoms with van der Waals surface area (Å²) in [6.45, 7) is 2.06. The van der Waals surface area contributed by atoms with E-state index < -0.39 is 5.82 Å². The molecule has 1 heterocycles. The Hall–Kier alpha value is -1.71. The predicted molar refractivity (Wildman–Crippen MR) is 86.1 cm³/mol. The number of hydrogen-bond donors (Lipinski definition) is 1. The normalized spacial score (nSPS) is 17.6. The molecule has 0 aromatic heterocycles. The molecule has 1 fully saturated rings. The fourth-order valence-electron chi connectivity index (χ4n) is 2.84. The van der Waals surface area contributed by atoms with Crippen LogP contribution in [0.2, 0.25) is 5.02 Å². The number of halogens is 2. The van der Waals surface area contributed by atoms with E-state index in [9.17, 15) is 9.18 Å². The molecule has 2 aromatic rings. The molecule has 22 heavy (non-hydrogen) atoms. The molecule has 114 valence electrons. The summed E-state index contributed by atoms with van der Waals surface area (Å²) in [4.78, 5) is 12.2. The van der Waals surface area contributed by atoms with Gasteiger partial charge in [0, 0.05) is 18.0 Å². The van der Waals surface area contributed by atoms with E-state index in [2.05, 4.69) is 17.4 Å². The maximum atomic E-state index is 13.8. The highest BCUT2D eigenvalue weighted by molar-refractivity contribution is 6.30. The zero-order chi connectivity index (χ0) is 15.5. The van der Waals surface area contributed by atoms with E-state index in [0.29, 0.717) is 10.9 Å². The van der Waals surface area contributed by atoms with Crippen LogP contribution in [0.4, 0.5) is 4.39 Å². The predicted octanol–water partition coefficient (Wildman–Crippen LogP) is 3.98. The molecule has 1 atom stereocenters. The largest absolute Gasteiger partial charge is 0.316 e. The Morgan fingerprint density at radius 1 is 1.23 bits per heavy atom. The lowest BCUT2D eigenvalue weighted by molar-refractivity contribution is 0.0989. The summed E-state index contributed by atoms with van der Waals surface area (Å²) in [6.07, 6.45) is 1.34. The smallest absolute Gasteiger partial charge is 0.170 e. The highest BCUT2D eigenvalue weighted by Crippen LogP contribution is 2.23. The van der Waals surface area contributed by atoms with Crippen LogP contribution in [-0.4, -0.2) is 18.9 Å². The summed E-state index contributed by atoms with van der Waals surface area (Å²) in [5.41, 5.74) is 2.28. The number of ketones is 1. The van der Waals surface area contributed by atoms with Crippen molar-refractivity contribution in [2.75, 3.05) is 13.1 Å². The number of hydrogen-bond acceptors (Lipinski definition) is 2. The van der Waals surface area contributed by atoms with Gasteiger partial charge in [-0.2, -0.15) is 0 Å². The van der Waals surface area contributed by atoms with Crippen LogP contribution >= 0.6 is 11.6 Å². The fourth-order valence-corrected chi connectivity index (χ4v) is 3.00. The zero-order valence-electron chi connectivity index (χ0n) is 12.1. The Balaban J connectivity index is 1.71. The van der Waals surface area contributed by atoms with E-state index in [4.69, 9.17) is 11.6 Å². The van der Waals surface area contributed by atoms with E-state index >= 15 is 0 Å². The molecule has 1 aliphatic heterocycles. The summed E-state index contributed by atoms with van der Waals surface area (Å²) < 4.78 is 13.8. The second-order valence-corrected chi connectivity index (χ2v) is 6.09. The third-order valence-corrected chi connectivity index (χ3v) is 4.34. The molecule has 0 amide bonds. The van der Waals surface area contributed by atoms with E-state index in [-0.39, 0.29) is 17.8 Å². The van der Waals surface area contributed by atoms with Gasteiger partial charge < -0.3 is 5.32 Å². The third kappa shape index (κ3) is 3.37. The van der Waals surface area contributed by atoms with Crippen LogP contribution in [-0.2, 0) is 6.42 Å². The van der Waals surface area contributed by atoms with Crippen LogP contribution in [0.25, 0.3) is 0 Å². The molecule has 0 bridgehead atoms. The van der Waals surface area contributed by atoms with Gasteiger partial charge in [-0.25, -0.2) is 4.39 Å². The molecular formula is C18H17ClFNO. The molecule has 1 unspecified atom stereocenters. The molecule has 0 spiro atoms. The molecule has 0 aliphatic carbocycles. The van der Waals surface area contributed by atoms with Gasteiger partial charge in [-0.3, -0.25) is 4.79 Å². The SMILES string of the molecule is O=C(Cc1ccc(C2CCNC2)cc1)c1ccc(Cl)cc1F. The Morgan fingerprint density at radius 3 is 2.64 bits per heavy atom. The summed E-state index contributed by atoms with van der Waals surface area (Å²) >= 11 is 5.71. The highest BCUT2D eigenvalue weighted by atomic mass is 35.5. The first-order valence-corrected chi connectivity index (χ1v) is 7.79. The van der Waals surface area contributed by atoms with E-state index in [1.165, 1.54) is 23.8 Å². The van der Waals surface area contributed by atoms with Crippen LogP contribution < -0.4 is 5.32 Å². The number of carbonyl (C=O) groups excluding carboxylic acids is 1. The minimum Gasteiger partial charge on any atom is -0.316 e. The Kier molecular flexibility index (Phi) is 4.55. The molecule has 1 aliphatic rings. The maximum Gasteiger partial charge on any atom is 0.170 e. The van der Waals surface area contributed by atoms with Gasteiger partial charge in [0.15, 0.2) is 5.78 Å². The molecule has 1 saturated heterocycles. The van der Waals surface area contributed by atoms with E-state index in [0.717, 1.165) is 25.1 Å². The molecule has 0 saturated carbocycles. The molecule has 2 aromatic carbocycles. The van der Waals surface area contributed by atoms with Crippen molar-refractivity contribution in [2.24, 2.45) is 0 Å². The lowest BCUT2D eigenvalue weighted by Gasteiger charge is -2.09. The van der Waals surface area contributed by atoms with Gasteiger partial charge in [0.2, 0.25) is 0 Å². The van der Waals surface area contributed by atoms with Crippen LogP contribution in [0, 0.1) is 5.82 Å². The summed E-state index contributed by atoms with van der Waals surface area (Å²) in [5, 5.41) is 3.64. The Labute approximate surface area is 134 Å². The Morgan fingerprint density at radius 2 is 2.00 bits per heavy atom. The first-order chi connectivity index (χ1) is 10.6. The minimum absolute atomic E-state index is 0.0912. The molecule has 1 N–H and O–H groups in total. The Bertz CT molecular complexity index is 678. The summed E-state index contributed by atoms with van der Waals surface area (Å²) in [6, 6.07) is 12.2. The van der Waals surface area contributed by atoms with Gasteiger partial charge in [0.05, 0.1) is 5.56 Å². The van der Waals surface area contributed by atoms with Crippen molar-refractivity contribution in [1.29, 1.82) is 0 Å². The average molecular weight is 318 g/mol.